The van der Waals surface area contributed by atoms with Crippen molar-refractivity contribution < 1.29 is 4.79 Å². The first-order valence-electron chi connectivity index (χ1n) is 4.32. The predicted octanol–water partition coefficient (Wildman–Crippen LogP) is 1.98. The zero-order chi connectivity index (χ0) is 10.7. The van der Waals surface area contributed by atoms with Gasteiger partial charge in [-0.25, -0.2) is 0 Å². The molecule has 0 unspecified atom stereocenters. The van der Waals surface area contributed by atoms with Gasteiger partial charge in [0.25, 0.3) is 5.91 Å². The van der Waals surface area contributed by atoms with Crippen molar-refractivity contribution in [3.8, 4) is 0 Å². The Balaban J connectivity index is 2.15. The van der Waals surface area contributed by atoms with Crippen molar-refractivity contribution in [1.29, 1.82) is 0 Å². The van der Waals surface area contributed by atoms with Crippen LogP contribution in [0.5, 0.6) is 0 Å². The number of pyridine rings is 1. The van der Waals surface area contributed by atoms with E-state index in [0.717, 1.165) is 0 Å². The molecule has 0 aliphatic rings. The number of anilines is 2. The number of thiophene rings is 1. The van der Waals surface area contributed by atoms with Gasteiger partial charge in [-0.05, 0) is 23.6 Å². The molecule has 0 radical (unpaired) electrons. The summed E-state index contributed by atoms with van der Waals surface area (Å²) in [7, 11) is 0. The third-order valence-electron chi connectivity index (χ3n) is 1.82. The number of rotatable bonds is 2. The second-order valence-corrected chi connectivity index (χ2v) is 3.82. The van der Waals surface area contributed by atoms with E-state index in [1.54, 1.807) is 36.0 Å². The summed E-state index contributed by atoms with van der Waals surface area (Å²) < 4.78 is 0. The molecule has 0 saturated carbocycles. The Bertz CT molecular complexity index is 467. The fraction of sp³-hybridized carbons (Fsp3) is 0. The minimum atomic E-state index is -0.199. The molecule has 0 aromatic carbocycles. The van der Waals surface area contributed by atoms with E-state index in [0.29, 0.717) is 16.3 Å². The molecule has 0 spiro atoms. The number of aromatic nitrogens is 1. The van der Waals surface area contributed by atoms with Gasteiger partial charge in [0.15, 0.2) is 0 Å². The monoisotopic (exact) mass is 219 g/mol. The maximum absolute atomic E-state index is 11.7. The summed E-state index contributed by atoms with van der Waals surface area (Å²) in [5.41, 5.74) is 6.79. The van der Waals surface area contributed by atoms with Crippen LogP contribution in [0.2, 0.25) is 0 Å². The van der Waals surface area contributed by atoms with Crippen molar-refractivity contribution >= 4 is 28.6 Å². The fourth-order valence-corrected chi connectivity index (χ4v) is 1.84. The highest BCUT2D eigenvalue weighted by Gasteiger charge is 2.10. The number of carbonyl (C=O) groups is 1. The predicted molar refractivity (Wildman–Crippen MR) is 60.9 cm³/mol. The lowest BCUT2D eigenvalue weighted by Gasteiger charge is -2.02. The number of amides is 1. The lowest BCUT2D eigenvalue weighted by atomic mass is 10.3. The Hall–Kier alpha value is -1.88. The first kappa shape index (κ1) is 9.67. The summed E-state index contributed by atoms with van der Waals surface area (Å²) in [4.78, 5) is 16.1. The van der Waals surface area contributed by atoms with Gasteiger partial charge in [-0.1, -0.05) is 0 Å². The summed E-state index contributed by atoms with van der Waals surface area (Å²) in [5, 5.41) is 4.50. The average molecular weight is 219 g/mol. The molecule has 0 aliphatic carbocycles. The Morgan fingerprint density at radius 1 is 1.47 bits per heavy atom. The lowest BCUT2D eigenvalue weighted by molar-refractivity contribution is 0.103. The largest absolute Gasteiger partial charge is 0.397 e. The minimum absolute atomic E-state index is 0.199. The standard InChI is InChI=1S/C10H9N3OS/c11-8-3-5-15-9(8)10(14)13-7-2-1-4-12-6-7/h1-6H,11H2,(H,13,14). The molecular weight excluding hydrogens is 210 g/mol. The summed E-state index contributed by atoms with van der Waals surface area (Å²) in [5.74, 6) is -0.199. The maximum Gasteiger partial charge on any atom is 0.267 e. The van der Waals surface area contributed by atoms with Gasteiger partial charge in [-0.2, -0.15) is 0 Å². The van der Waals surface area contributed by atoms with Gasteiger partial charge in [0.05, 0.1) is 17.6 Å². The second kappa shape index (κ2) is 4.10. The number of nitrogen functional groups attached to an aromatic ring is 1. The number of nitrogens with zero attached hydrogens (tertiary/aromatic N) is 1. The van der Waals surface area contributed by atoms with Gasteiger partial charge in [0.2, 0.25) is 0 Å². The highest BCUT2D eigenvalue weighted by Crippen LogP contribution is 2.20. The minimum Gasteiger partial charge on any atom is -0.397 e. The summed E-state index contributed by atoms with van der Waals surface area (Å²) in [6.07, 6.45) is 3.23. The maximum atomic E-state index is 11.7. The number of nitrogens with one attached hydrogen (secondary N) is 1. The van der Waals surface area contributed by atoms with Crippen LogP contribution in [0.4, 0.5) is 11.4 Å². The van der Waals surface area contributed by atoms with Crippen molar-refractivity contribution in [1.82, 2.24) is 4.98 Å². The highest BCUT2D eigenvalue weighted by atomic mass is 32.1. The quantitative estimate of drug-likeness (QED) is 0.811. The van der Waals surface area contributed by atoms with Gasteiger partial charge in [0, 0.05) is 6.20 Å². The third kappa shape index (κ3) is 2.13. The molecule has 0 bridgehead atoms. The van der Waals surface area contributed by atoms with Gasteiger partial charge >= 0.3 is 0 Å². The van der Waals surface area contributed by atoms with E-state index in [9.17, 15) is 4.79 Å². The van der Waals surface area contributed by atoms with Gasteiger partial charge in [-0.3, -0.25) is 9.78 Å². The molecule has 5 heteroatoms. The van der Waals surface area contributed by atoms with Crippen LogP contribution in [0.25, 0.3) is 0 Å². The first-order valence-corrected chi connectivity index (χ1v) is 5.19. The Morgan fingerprint density at radius 2 is 2.33 bits per heavy atom. The van der Waals surface area contributed by atoms with Crippen LogP contribution >= 0.6 is 11.3 Å². The van der Waals surface area contributed by atoms with E-state index in [-0.39, 0.29) is 5.91 Å². The molecule has 1 amide bonds. The van der Waals surface area contributed by atoms with E-state index >= 15 is 0 Å². The Morgan fingerprint density at radius 3 is 2.93 bits per heavy atom. The van der Waals surface area contributed by atoms with E-state index in [4.69, 9.17) is 5.73 Å². The van der Waals surface area contributed by atoms with Crippen molar-refractivity contribution in [3.05, 3.63) is 40.8 Å². The summed E-state index contributed by atoms with van der Waals surface area (Å²) in [6.45, 7) is 0. The van der Waals surface area contributed by atoms with Crippen LogP contribution < -0.4 is 11.1 Å². The normalized spacial score (nSPS) is 9.87. The Kier molecular flexibility index (Phi) is 2.64. The van der Waals surface area contributed by atoms with Crippen molar-refractivity contribution in [2.45, 2.75) is 0 Å². The lowest BCUT2D eigenvalue weighted by Crippen LogP contribution is -2.11. The molecule has 0 atom stereocenters. The number of hydrogen-bond donors (Lipinski definition) is 2. The molecule has 2 heterocycles. The number of carbonyl (C=O) groups excluding carboxylic acids is 1. The molecule has 76 valence electrons. The van der Waals surface area contributed by atoms with Gasteiger partial charge in [-0.15, -0.1) is 11.3 Å². The van der Waals surface area contributed by atoms with Crippen LogP contribution in [0, 0.1) is 0 Å². The van der Waals surface area contributed by atoms with Gasteiger partial charge < -0.3 is 11.1 Å². The van der Waals surface area contributed by atoms with Crippen LogP contribution in [-0.2, 0) is 0 Å². The van der Waals surface area contributed by atoms with Gasteiger partial charge in [0.1, 0.15) is 4.88 Å². The average Bonchev–Trinajstić information content (AvgIpc) is 2.66. The molecule has 2 rings (SSSR count). The summed E-state index contributed by atoms with van der Waals surface area (Å²) in [6, 6.07) is 5.24. The molecule has 2 aromatic heterocycles. The van der Waals surface area contributed by atoms with Crippen molar-refractivity contribution in [2.24, 2.45) is 0 Å². The zero-order valence-corrected chi connectivity index (χ0v) is 8.62. The van der Waals surface area contributed by atoms with E-state index in [1.165, 1.54) is 11.3 Å². The molecule has 3 N–H and O–H groups in total. The van der Waals surface area contributed by atoms with Crippen LogP contribution in [0.15, 0.2) is 36.0 Å². The molecule has 2 aromatic rings. The molecule has 15 heavy (non-hydrogen) atoms. The molecular formula is C10H9N3OS. The molecule has 0 saturated heterocycles. The van der Waals surface area contributed by atoms with E-state index < -0.39 is 0 Å². The number of hydrogen-bond acceptors (Lipinski definition) is 4. The SMILES string of the molecule is Nc1ccsc1C(=O)Nc1cccnc1. The highest BCUT2D eigenvalue weighted by molar-refractivity contribution is 7.12. The second-order valence-electron chi connectivity index (χ2n) is 2.90. The van der Waals surface area contributed by atoms with Crippen molar-refractivity contribution in [3.63, 3.8) is 0 Å². The molecule has 0 fully saturated rings. The zero-order valence-electron chi connectivity index (χ0n) is 7.81. The topological polar surface area (TPSA) is 68.0 Å². The third-order valence-corrected chi connectivity index (χ3v) is 2.75. The van der Waals surface area contributed by atoms with Crippen LogP contribution in [-0.4, -0.2) is 10.9 Å². The smallest absolute Gasteiger partial charge is 0.267 e. The molecule has 4 nitrogen and oxygen atoms in total. The van der Waals surface area contributed by atoms with E-state index in [1.807, 2.05) is 0 Å². The van der Waals surface area contributed by atoms with Crippen molar-refractivity contribution in [2.75, 3.05) is 11.1 Å². The van der Waals surface area contributed by atoms with E-state index in [2.05, 4.69) is 10.3 Å². The molecule has 0 aliphatic heterocycles. The fourth-order valence-electron chi connectivity index (χ4n) is 1.13. The van der Waals surface area contributed by atoms with Crippen LogP contribution in [0.3, 0.4) is 0 Å². The van der Waals surface area contributed by atoms with Crippen LogP contribution in [0.1, 0.15) is 9.67 Å². The first-order chi connectivity index (χ1) is 7.27. The summed E-state index contributed by atoms with van der Waals surface area (Å²) >= 11 is 1.32. The number of nitrogens with two attached hydrogens (primary N) is 1. The Labute approximate surface area is 90.8 Å².